The highest BCUT2D eigenvalue weighted by atomic mass is 16.5. The molecule has 0 bridgehead atoms. The van der Waals surface area contributed by atoms with E-state index in [-0.39, 0.29) is 12.5 Å². The first-order valence-electron chi connectivity index (χ1n) is 6.62. The van der Waals surface area contributed by atoms with Gasteiger partial charge in [-0.3, -0.25) is 4.79 Å². The van der Waals surface area contributed by atoms with Crippen LogP contribution in [0.2, 0.25) is 0 Å². The Kier molecular flexibility index (Phi) is 7.83. The first kappa shape index (κ1) is 16.0. The summed E-state index contributed by atoms with van der Waals surface area (Å²) < 4.78 is 4.95. The summed E-state index contributed by atoms with van der Waals surface area (Å²) >= 11 is 0. The van der Waals surface area contributed by atoms with Crippen LogP contribution >= 0.6 is 0 Å². The molecule has 1 aromatic carbocycles. The number of carbonyl (C=O) groups excluding carboxylic acids is 1. The molecule has 0 saturated carbocycles. The van der Waals surface area contributed by atoms with Crippen LogP contribution in [-0.4, -0.2) is 45.2 Å². The highest BCUT2D eigenvalue weighted by molar-refractivity contribution is 5.94. The fraction of sp³-hybridized carbons (Fsp3) is 0.429. The van der Waals surface area contributed by atoms with Crippen molar-refractivity contribution >= 4 is 17.6 Å². The molecule has 1 aromatic rings. The molecule has 6 nitrogen and oxygen atoms in total. The molecule has 0 saturated heterocycles. The average Bonchev–Trinajstić information content (AvgIpc) is 2.46. The van der Waals surface area contributed by atoms with Crippen LogP contribution in [0, 0.1) is 0 Å². The lowest BCUT2D eigenvalue weighted by Crippen LogP contribution is -2.39. The molecule has 3 N–H and O–H groups in total. The number of rotatable bonds is 7. The quantitative estimate of drug-likeness (QED) is 0.392. The number of anilines is 1. The minimum atomic E-state index is -0.153. The number of amides is 1. The summed E-state index contributed by atoms with van der Waals surface area (Å²) in [6.45, 7) is 4.00. The molecule has 0 unspecified atom stereocenters. The van der Waals surface area contributed by atoms with Crippen LogP contribution in [0.4, 0.5) is 5.69 Å². The molecule has 0 atom stereocenters. The summed E-state index contributed by atoms with van der Waals surface area (Å²) in [7, 11) is 1.64. The van der Waals surface area contributed by atoms with Crippen molar-refractivity contribution in [3.63, 3.8) is 0 Å². The molecule has 1 rings (SSSR count). The van der Waals surface area contributed by atoms with Gasteiger partial charge in [0.15, 0.2) is 5.96 Å². The maximum absolute atomic E-state index is 11.8. The molecule has 0 aromatic heterocycles. The average molecular weight is 278 g/mol. The third-order valence-corrected chi connectivity index (χ3v) is 2.38. The van der Waals surface area contributed by atoms with Crippen molar-refractivity contribution in [2.24, 2.45) is 4.99 Å². The van der Waals surface area contributed by atoms with Gasteiger partial charge in [0.1, 0.15) is 6.54 Å². The van der Waals surface area contributed by atoms with Crippen LogP contribution in [0.3, 0.4) is 0 Å². The predicted octanol–water partition coefficient (Wildman–Crippen LogP) is 0.827. The van der Waals surface area contributed by atoms with Crippen LogP contribution in [0.15, 0.2) is 35.3 Å². The fourth-order valence-corrected chi connectivity index (χ4v) is 1.49. The Morgan fingerprint density at radius 2 is 2.00 bits per heavy atom. The molecule has 0 aliphatic rings. The zero-order valence-electron chi connectivity index (χ0n) is 12.0. The number of hydrogen-bond acceptors (Lipinski definition) is 3. The number of para-hydroxylation sites is 1. The zero-order chi connectivity index (χ0) is 14.6. The van der Waals surface area contributed by atoms with Gasteiger partial charge in [-0.15, -0.1) is 0 Å². The summed E-state index contributed by atoms with van der Waals surface area (Å²) in [6.07, 6.45) is 0. The third kappa shape index (κ3) is 6.75. The summed E-state index contributed by atoms with van der Waals surface area (Å²) in [5.41, 5.74) is 0.769. The molecule has 0 aliphatic heterocycles. The molecule has 0 spiro atoms. The largest absolute Gasteiger partial charge is 0.383 e. The normalized spacial score (nSPS) is 11.0. The second kappa shape index (κ2) is 9.80. The lowest BCUT2D eigenvalue weighted by Gasteiger charge is -2.10. The highest BCUT2D eigenvalue weighted by Gasteiger charge is 2.02. The number of carbonyl (C=O) groups is 1. The molecule has 0 fully saturated rings. The Balaban J connectivity index is 2.42. The number of hydrogen-bond donors (Lipinski definition) is 3. The Morgan fingerprint density at radius 1 is 1.25 bits per heavy atom. The minimum Gasteiger partial charge on any atom is -0.383 e. The van der Waals surface area contributed by atoms with E-state index in [4.69, 9.17) is 4.74 Å². The van der Waals surface area contributed by atoms with Gasteiger partial charge in [0.2, 0.25) is 5.91 Å². The van der Waals surface area contributed by atoms with Gasteiger partial charge >= 0.3 is 0 Å². The number of methoxy groups -OCH3 is 1. The second-order valence-electron chi connectivity index (χ2n) is 4.03. The maximum Gasteiger partial charge on any atom is 0.246 e. The van der Waals surface area contributed by atoms with E-state index >= 15 is 0 Å². The fourth-order valence-electron chi connectivity index (χ4n) is 1.49. The number of benzene rings is 1. The minimum absolute atomic E-state index is 0.0667. The standard InChI is InChI=1S/C14H22N4O2/c1-3-15-14(16-9-10-20-2)17-11-13(19)18-12-7-5-4-6-8-12/h4-8H,3,9-11H2,1-2H3,(H,18,19)(H2,15,16,17). The van der Waals surface area contributed by atoms with Crippen molar-refractivity contribution in [1.29, 1.82) is 0 Å². The van der Waals surface area contributed by atoms with Crippen molar-refractivity contribution in [1.82, 2.24) is 10.6 Å². The van der Waals surface area contributed by atoms with Gasteiger partial charge in [-0.25, -0.2) is 4.99 Å². The van der Waals surface area contributed by atoms with Crippen molar-refractivity contribution in [3.05, 3.63) is 30.3 Å². The topological polar surface area (TPSA) is 74.8 Å². The molecule has 0 radical (unpaired) electrons. The van der Waals surface area contributed by atoms with Crippen molar-refractivity contribution in [2.45, 2.75) is 6.92 Å². The molecule has 6 heteroatoms. The lowest BCUT2D eigenvalue weighted by molar-refractivity contribution is -0.114. The van der Waals surface area contributed by atoms with Gasteiger partial charge in [-0.05, 0) is 19.1 Å². The van der Waals surface area contributed by atoms with Crippen LogP contribution in [-0.2, 0) is 9.53 Å². The first-order chi connectivity index (χ1) is 9.76. The van der Waals surface area contributed by atoms with Gasteiger partial charge in [0, 0.05) is 25.9 Å². The number of nitrogens with zero attached hydrogens (tertiary/aromatic N) is 1. The van der Waals surface area contributed by atoms with Crippen molar-refractivity contribution < 1.29 is 9.53 Å². The number of ether oxygens (including phenoxy) is 1. The Hall–Kier alpha value is -2.08. The molecule has 1 amide bonds. The molecule has 0 aliphatic carbocycles. The van der Waals surface area contributed by atoms with Crippen LogP contribution in [0.1, 0.15) is 6.92 Å². The maximum atomic E-state index is 11.8. The summed E-state index contributed by atoms with van der Waals surface area (Å²) in [6, 6.07) is 9.31. The molecule has 20 heavy (non-hydrogen) atoms. The summed E-state index contributed by atoms with van der Waals surface area (Å²) in [4.78, 5) is 16.0. The number of aliphatic imine (C=N–C) groups is 1. The second-order valence-corrected chi connectivity index (χ2v) is 4.03. The first-order valence-corrected chi connectivity index (χ1v) is 6.62. The van der Waals surface area contributed by atoms with Crippen molar-refractivity contribution in [3.8, 4) is 0 Å². The van der Waals surface area contributed by atoms with Gasteiger partial charge in [0.05, 0.1) is 6.61 Å². The summed E-state index contributed by atoms with van der Waals surface area (Å²) in [5, 5.41) is 8.92. The third-order valence-electron chi connectivity index (χ3n) is 2.38. The lowest BCUT2D eigenvalue weighted by atomic mass is 10.3. The number of nitrogens with one attached hydrogen (secondary N) is 3. The molecular weight excluding hydrogens is 256 g/mol. The van der Waals surface area contributed by atoms with E-state index in [0.717, 1.165) is 12.2 Å². The molecular formula is C14H22N4O2. The van der Waals surface area contributed by atoms with E-state index in [1.807, 2.05) is 37.3 Å². The molecule has 110 valence electrons. The van der Waals surface area contributed by atoms with E-state index in [0.29, 0.717) is 19.1 Å². The van der Waals surface area contributed by atoms with Crippen LogP contribution < -0.4 is 16.0 Å². The zero-order valence-corrected chi connectivity index (χ0v) is 12.0. The molecule has 0 heterocycles. The van der Waals surface area contributed by atoms with E-state index in [1.165, 1.54) is 0 Å². The number of guanidine groups is 1. The Labute approximate surface area is 119 Å². The van der Waals surface area contributed by atoms with Gasteiger partial charge in [0.25, 0.3) is 0 Å². The van der Waals surface area contributed by atoms with Crippen molar-refractivity contribution in [2.75, 3.05) is 38.7 Å². The van der Waals surface area contributed by atoms with Crippen LogP contribution in [0.5, 0.6) is 0 Å². The van der Waals surface area contributed by atoms with Gasteiger partial charge in [-0.2, -0.15) is 0 Å². The SMILES string of the molecule is CCNC(=NCC(=O)Nc1ccccc1)NCCOC. The monoisotopic (exact) mass is 278 g/mol. The summed E-state index contributed by atoms with van der Waals surface area (Å²) in [5.74, 6) is 0.452. The Bertz CT molecular complexity index is 420. The van der Waals surface area contributed by atoms with E-state index in [1.54, 1.807) is 7.11 Å². The van der Waals surface area contributed by atoms with E-state index in [9.17, 15) is 4.79 Å². The van der Waals surface area contributed by atoms with E-state index in [2.05, 4.69) is 20.9 Å². The predicted molar refractivity (Wildman–Crippen MR) is 80.9 cm³/mol. The van der Waals surface area contributed by atoms with Gasteiger partial charge < -0.3 is 20.7 Å². The highest BCUT2D eigenvalue weighted by Crippen LogP contribution is 2.04. The smallest absolute Gasteiger partial charge is 0.246 e. The van der Waals surface area contributed by atoms with Gasteiger partial charge in [-0.1, -0.05) is 18.2 Å². The Morgan fingerprint density at radius 3 is 2.65 bits per heavy atom. The van der Waals surface area contributed by atoms with E-state index < -0.39 is 0 Å². The van der Waals surface area contributed by atoms with Crippen LogP contribution in [0.25, 0.3) is 0 Å².